The lowest BCUT2D eigenvalue weighted by molar-refractivity contribution is -0.117. The third-order valence-corrected chi connectivity index (χ3v) is 2.73. The van der Waals surface area contributed by atoms with Gasteiger partial charge in [0.15, 0.2) is 0 Å². The second-order valence-corrected chi connectivity index (χ2v) is 4.17. The summed E-state index contributed by atoms with van der Waals surface area (Å²) in [5, 5.41) is 0.128. The first-order chi connectivity index (χ1) is 8.93. The van der Waals surface area contributed by atoms with Gasteiger partial charge in [0.05, 0.1) is 6.54 Å². The molecule has 100 valence electrons. The Balaban J connectivity index is 2.94. The van der Waals surface area contributed by atoms with E-state index in [4.69, 9.17) is 4.42 Å². The van der Waals surface area contributed by atoms with Crippen molar-refractivity contribution in [3.05, 3.63) is 42.9 Å². The van der Waals surface area contributed by atoms with E-state index in [9.17, 15) is 19.2 Å². The van der Waals surface area contributed by atoms with Gasteiger partial charge in [0.1, 0.15) is 11.2 Å². The highest BCUT2D eigenvalue weighted by Crippen LogP contribution is 2.09. The molecular weight excluding hydrogens is 252 g/mol. The van der Waals surface area contributed by atoms with Gasteiger partial charge in [0.2, 0.25) is 5.71 Å². The van der Waals surface area contributed by atoms with Crippen molar-refractivity contribution in [2.24, 2.45) is 0 Å². The van der Waals surface area contributed by atoms with Gasteiger partial charge in [0, 0.05) is 6.07 Å². The SMILES string of the molecule is CCc1cc(=O)oc2[nH]c(=O)n(CC(C)=O)c(=O)c12. The molecule has 0 saturated heterocycles. The Bertz CT molecular complexity index is 825. The van der Waals surface area contributed by atoms with Gasteiger partial charge in [-0.15, -0.1) is 0 Å². The summed E-state index contributed by atoms with van der Waals surface area (Å²) < 4.78 is 5.61. The van der Waals surface area contributed by atoms with Crippen molar-refractivity contribution >= 4 is 16.9 Å². The minimum Gasteiger partial charge on any atom is -0.405 e. The zero-order valence-corrected chi connectivity index (χ0v) is 10.5. The number of nitrogens with one attached hydrogen (secondary N) is 1. The number of hydrogen-bond donors (Lipinski definition) is 1. The highest BCUT2D eigenvalue weighted by Gasteiger charge is 2.14. The van der Waals surface area contributed by atoms with Gasteiger partial charge >= 0.3 is 11.3 Å². The van der Waals surface area contributed by atoms with Gasteiger partial charge in [0.25, 0.3) is 5.56 Å². The Morgan fingerprint density at radius 1 is 1.37 bits per heavy atom. The summed E-state index contributed by atoms with van der Waals surface area (Å²) in [6, 6.07) is 1.21. The fraction of sp³-hybridized carbons (Fsp3) is 0.333. The van der Waals surface area contributed by atoms with Crippen LogP contribution in [0, 0.1) is 0 Å². The number of fused-ring (bicyclic) bond motifs is 1. The highest BCUT2D eigenvalue weighted by atomic mass is 16.4. The molecule has 1 N–H and O–H groups in total. The fourth-order valence-electron chi connectivity index (χ4n) is 1.90. The molecule has 0 amide bonds. The van der Waals surface area contributed by atoms with Crippen LogP contribution < -0.4 is 16.9 Å². The zero-order valence-electron chi connectivity index (χ0n) is 10.5. The van der Waals surface area contributed by atoms with Crippen LogP contribution in [-0.4, -0.2) is 15.3 Å². The van der Waals surface area contributed by atoms with E-state index in [0.29, 0.717) is 12.0 Å². The van der Waals surface area contributed by atoms with Crippen molar-refractivity contribution in [1.82, 2.24) is 9.55 Å². The van der Waals surface area contributed by atoms with Crippen molar-refractivity contribution in [2.45, 2.75) is 26.8 Å². The number of aryl methyl sites for hydroxylation is 1. The first kappa shape index (κ1) is 13.0. The van der Waals surface area contributed by atoms with Crippen molar-refractivity contribution in [1.29, 1.82) is 0 Å². The molecule has 2 rings (SSSR count). The zero-order chi connectivity index (χ0) is 14.2. The monoisotopic (exact) mass is 264 g/mol. The maximum absolute atomic E-state index is 12.2. The number of ketones is 1. The van der Waals surface area contributed by atoms with Crippen LogP contribution in [-0.2, 0) is 17.8 Å². The van der Waals surface area contributed by atoms with Gasteiger partial charge in [-0.3, -0.25) is 19.1 Å². The molecule has 0 saturated carbocycles. The number of rotatable bonds is 3. The van der Waals surface area contributed by atoms with Crippen LogP contribution in [0.1, 0.15) is 19.4 Å². The quantitative estimate of drug-likeness (QED) is 0.826. The van der Waals surface area contributed by atoms with Gasteiger partial charge in [-0.25, -0.2) is 9.59 Å². The highest BCUT2D eigenvalue weighted by molar-refractivity contribution is 5.77. The lowest BCUT2D eigenvalue weighted by Crippen LogP contribution is -2.37. The third-order valence-electron chi connectivity index (χ3n) is 2.73. The normalized spacial score (nSPS) is 10.8. The molecule has 0 atom stereocenters. The Morgan fingerprint density at radius 2 is 2.05 bits per heavy atom. The number of carbonyl (C=O) groups excluding carboxylic acids is 1. The number of aromatic nitrogens is 2. The third kappa shape index (κ3) is 2.26. The maximum atomic E-state index is 12.2. The predicted octanol–water partition coefficient (Wildman–Crippen LogP) is -0.206. The second-order valence-electron chi connectivity index (χ2n) is 4.17. The topological polar surface area (TPSA) is 102 Å². The average molecular weight is 264 g/mol. The summed E-state index contributed by atoms with van der Waals surface area (Å²) in [5.74, 6) is -0.317. The smallest absolute Gasteiger partial charge is 0.337 e. The largest absolute Gasteiger partial charge is 0.405 e. The van der Waals surface area contributed by atoms with Crippen molar-refractivity contribution < 1.29 is 9.21 Å². The van der Waals surface area contributed by atoms with Crippen LogP contribution in [0.25, 0.3) is 11.1 Å². The van der Waals surface area contributed by atoms with E-state index >= 15 is 0 Å². The van der Waals surface area contributed by atoms with E-state index in [0.717, 1.165) is 4.57 Å². The molecule has 2 aromatic rings. The molecule has 0 unspecified atom stereocenters. The molecule has 0 spiro atoms. The predicted molar refractivity (Wildman–Crippen MR) is 67.4 cm³/mol. The van der Waals surface area contributed by atoms with Crippen LogP contribution in [0.3, 0.4) is 0 Å². The Labute approximate surface area is 106 Å². The van der Waals surface area contributed by atoms with E-state index in [2.05, 4.69) is 4.98 Å². The standard InChI is InChI=1S/C12H12N2O5/c1-3-7-4-8(16)19-10-9(7)11(17)14(5-6(2)15)12(18)13-10/h4H,3,5H2,1-2H3,(H,13,18). The summed E-state index contributed by atoms with van der Waals surface area (Å²) in [5.41, 5.74) is -1.72. The van der Waals surface area contributed by atoms with Crippen molar-refractivity contribution in [3.8, 4) is 0 Å². The Kier molecular flexibility index (Phi) is 3.20. The molecule has 0 bridgehead atoms. The molecule has 2 aromatic heterocycles. The Morgan fingerprint density at radius 3 is 2.63 bits per heavy atom. The van der Waals surface area contributed by atoms with E-state index in [1.54, 1.807) is 6.92 Å². The molecule has 0 fully saturated rings. The number of nitrogens with zero attached hydrogens (tertiary/aromatic N) is 1. The van der Waals surface area contributed by atoms with Crippen LogP contribution in [0.2, 0.25) is 0 Å². The molecule has 0 aliphatic heterocycles. The molecule has 0 aliphatic rings. The summed E-state index contributed by atoms with van der Waals surface area (Å²) >= 11 is 0. The summed E-state index contributed by atoms with van der Waals surface area (Å²) in [7, 11) is 0. The molecule has 7 heteroatoms. The maximum Gasteiger partial charge on any atom is 0.337 e. The lowest BCUT2D eigenvalue weighted by Gasteiger charge is -2.05. The first-order valence-electron chi connectivity index (χ1n) is 5.73. The number of H-pyrrole nitrogens is 1. The van der Waals surface area contributed by atoms with Gasteiger partial charge in [-0.1, -0.05) is 6.92 Å². The van der Waals surface area contributed by atoms with Gasteiger partial charge < -0.3 is 4.42 Å². The number of carbonyl (C=O) groups is 1. The van der Waals surface area contributed by atoms with Crippen LogP contribution in [0.4, 0.5) is 0 Å². The second kappa shape index (κ2) is 4.68. The van der Waals surface area contributed by atoms with Crippen LogP contribution in [0.5, 0.6) is 0 Å². The molecule has 0 aliphatic carbocycles. The average Bonchev–Trinajstić information content (AvgIpc) is 2.32. The molecule has 0 aromatic carbocycles. The molecule has 7 nitrogen and oxygen atoms in total. The van der Waals surface area contributed by atoms with E-state index in [1.807, 2.05) is 0 Å². The summed E-state index contributed by atoms with van der Waals surface area (Å²) in [6.45, 7) is 2.74. The van der Waals surface area contributed by atoms with Crippen LogP contribution >= 0.6 is 0 Å². The number of Topliss-reactive ketones (excluding diaryl/α,β-unsaturated/α-hetero) is 1. The number of hydrogen-bond acceptors (Lipinski definition) is 5. The van der Waals surface area contributed by atoms with E-state index in [-0.39, 0.29) is 23.4 Å². The first-order valence-corrected chi connectivity index (χ1v) is 5.73. The van der Waals surface area contributed by atoms with Gasteiger partial charge in [-0.2, -0.15) is 0 Å². The van der Waals surface area contributed by atoms with Crippen molar-refractivity contribution in [2.75, 3.05) is 0 Å². The molecule has 0 radical (unpaired) electrons. The molecule has 19 heavy (non-hydrogen) atoms. The number of aromatic amines is 1. The fourth-order valence-corrected chi connectivity index (χ4v) is 1.90. The molecule has 2 heterocycles. The van der Waals surface area contributed by atoms with Gasteiger partial charge in [-0.05, 0) is 18.9 Å². The van der Waals surface area contributed by atoms with Crippen LogP contribution in [0.15, 0.2) is 24.9 Å². The van der Waals surface area contributed by atoms with E-state index < -0.39 is 16.9 Å². The summed E-state index contributed by atoms with van der Waals surface area (Å²) in [4.78, 5) is 48.6. The summed E-state index contributed by atoms with van der Waals surface area (Å²) in [6.07, 6.45) is 0.434. The lowest BCUT2D eigenvalue weighted by atomic mass is 10.1. The van der Waals surface area contributed by atoms with Crippen molar-refractivity contribution in [3.63, 3.8) is 0 Å². The minimum absolute atomic E-state index is 0.128. The molecular formula is C12H12N2O5. The Hall–Kier alpha value is -2.44. The van der Waals surface area contributed by atoms with E-state index in [1.165, 1.54) is 13.0 Å². The minimum atomic E-state index is -0.774.